The maximum atomic E-state index is 11.6. The molecule has 0 spiro atoms. The van der Waals surface area contributed by atoms with Gasteiger partial charge in [0.1, 0.15) is 12.2 Å². The summed E-state index contributed by atoms with van der Waals surface area (Å²) in [5.74, 6) is 1.35. The number of methoxy groups -OCH3 is 1. The van der Waals surface area contributed by atoms with Crippen LogP contribution in [0.15, 0.2) is 54.6 Å². The number of benzene rings is 2. The molecule has 0 atom stereocenters. The van der Waals surface area contributed by atoms with Crippen molar-refractivity contribution < 1.29 is 19.0 Å². The molecule has 0 aliphatic rings. The van der Waals surface area contributed by atoms with Crippen LogP contribution in [-0.2, 0) is 11.3 Å². The number of hydrogen-bond donors (Lipinski definition) is 1. The van der Waals surface area contributed by atoms with Crippen molar-refractivity contribution in [3.63, 3.8) is 0 Å². The smallest absolute Gasteiger partial charge is 0.407 e. The summed E-state index contributed by atoms with van der Waals surface area (Å²) in [7, 11) is 1.61. The molecule has 27 heavy (non-hydrogen) atoms. The van der Waals surface area contributed by atoms with Crippen LogP contribution in [0, 0.1) is 0 Å². The van der Waals surface area contributed by atoms with Crippen molar-refractivity contribution in [1.29, 1.82) is 0 Å². The van der Waals surface area contributed by atoms with Crippen LogP contribution in [-0.4, -0.2) is 25.3 Å². The van der Waals surface area contributed by atoms with Gasteiger partial charge >= 0.3 is 6.09 Å². The average molecular weight is 369 g/mol. The zero-order chi connectivity index (χ0) is 19.7. The summed E-state index contributed by atoms with van der Waals surface area (Å²) in [5, 5.41) is 2.68. The maximum absolute atomic E-state index is 11.6. The second-order valence-corrected chi connectivity index (χ2v) is 6.97. The number of hydrogen-bond acceptors (Lipinski definition) is 4. The SMILES string of the molecule is COc1cc(C=CCNC(=O)OC(C)(C)C)ccc1OCc1ccccc1. The number of carbonyl (C=O) groups excluding carboxylic acids is 1. The van der Waals surface area contributed by atoms with Crippen LogP contribution in [0.2, 0.25) is 0 Å². The van der Waals surface area contributed by atoms with Crippen LogP contribution in [0.1, 0.15) is 31.9 Å². The van der Waals surface area contributed by atoms with Crippen molar-refractivity contribution in [2.45, 2.75) is 33.0 Å². The molecule has 0 fully saturated rings. The second-order valence-electron chi connectivity index (χ2n) is 6.97. The van der Waals surface area contributed by atoms with Gasteiger partial charge in [-0.2, -0.15) is 0 Å². The Labute approximate surface area is 161 Å². The Morgan fingerprint density at radius 3 is 2.48 bits per heavy atom. The first-order chi connectivity index (χ1) is 12.9. The molecule has 144 valence electrons. The van der Waals surface area contributed by atoms with Crippen molar-refractivity contribution in [3.8, 4) is 11.5 Å². The molecular weight excluding hydrogens is 342 g/mol. The largest absolute Gasteiger partial charge is 0.493 e. The molecule has 0 aromatic heterocycles. The van der Waals surface area contributed by atoms with Crippen LogP contribution in [0.3, 0.4) is 0 Å². The van der Waals surface area contributed by atoms with Crippen LogP contribution in [0.25, 0.3) is 6.08 Å². The number of nitrogens with one attached hydrogen (secondary N) is 1. The van der Waals surface area contributed by atoms with Gasteiger partial charge in [-0.3, -0.25) is 0 Å². The molecule has 0 aliphatic carbocycles. The summed E-state index contributed by atoms with van der Waals surface area (Å²) in [6, 6.07) is 15.7. The molecule has 0 saturated heterocycles. The van der Waals surface area contributed by atoms with Crippen LogP contribution in [0.5, 0.6) is 11.5 Å². The van der Waals surface area contributed by atoms with Crippen molar-refractivity contribution in [3.05, 3.63) is 65.7 Å². The quantitative estimate of drug-likeness (QED) is 0.761. The lowest BCUT2D eigenvalue weighted by atomic mass is 10.2. The first-order valence-electron chi connectivity index (χ1n) is 8.85. The van der Waals surface area contributed by atoms with E-state index in [0.717, 1.165) is 11.1 Å². The Hall–Kier alpha value is -2.95. The zero-order valence-corrected chi connectivity index (χ0v) is 16.3. The normalized spacial score (nSPS) is 11.3. The number of rotatable bonds is 7. The standard InChI is InChI=1S/C22H27NO4/c1-22(2,3)27-21(24)23-14-8-11-17-12-13-19(20(15-17)25-4)26-16-18-9-6-5-7-10-18/h5-13,15H,14,16H2,1-4H3,(H,23,24). The predicted octanol–water partition coefficient (Wildman–Crippen LogP) is 4.81. The first kappa shape index (κ1) is 20.4. The van der Waals surface area contributed by atoms with Crippen molar-refractivity contribution in [1.82, 2.24) is 5.32 Å². The molecule has 0 radical (unpaired) electrons. The van der Waals surface area contributed by atoms with Crippen LogP contribution in [0.4, 0.5) is 4.79 Å². The first-order valence-corrected chi connectivity index (χ1v) is 8.85. The second kappa shape index (κ2) is 9.67. The van der Waals surface area contributed by atoms with E-state index in [2.05, 4.69) is 5.32 Å². The Balaban J connectivity index is 1.90. The lowest BCUT2D eigenvalue weighted by molar-refractivity contribution is 0.0534. The number of ether oxygens (including phenoxy) is 3. The van der Waals surface area contributed by atoms with Gasteiger partial charge in [-0.05, 0) is 44.0 Å². The summed E-state index contributed by atoms with van der Waals surface area (Å²) < 4.78 is 16.5. The molecule has 0 unspecified atom stereocenters. The third kappa shape index (κ3) is 7.44. The Morgan fingerprint density at radius 1 is 1.07 bits per heavy atom. The topological polar surface area (TPSA) is 56.8 Å². The van der Waals surface area contributed by atoms with Gasteiger partial charge in [0.2, 0.25) is 0 Å². The third-order valence-electron chi connectivity index (χ3n) is 3.50. The molecule has 1 amide bonds. The number of carbonyl (C=O) groups is 1. The predicted molar refractivity (Wildman–Crippen MR) is 107 cm³/mol. The molecule has 1 N–H and O–H groups in total. The van der Waals surface area contributed by atoms with E-state index >= 15 is 0 Å². The molecule has 0 aliphatic heterocycles. The van der Waals surface area contributed by atoms with E-state index in [1.54, 1.807) is 7.11 Å². The minimum Gasteiger partial charge on any atom is -0.493 e. The summed E-state index contributed by atoms with van der Waals surface area (Å²) >= 11 is 0. The molecule has 0 bridgehead atoms. The fourth-order valence-corrected chi connectivity index (χ4v) is 2.29. The van der Waals surface area contributed by atoms with Gasteiger partial charge in [0, 0.05) is 6.54 Å². The molecular formula is C22H27NO4. The van der Waals surface area contributed by atoms with Gasteiger partial charge < -0.3 is 19.5 Å². The van der Waals surface area contributed by atoms with Crippen molar-refractivity contribution in [2.24, 2.45) is 0 Å². The fraction of sp³-hybridized carbons (Fsp3) is 0.318. The highest BCUT2D eigenvalue weighted by atomic mass is 16.6. The molecule has 5 nitrogen and oxygen atoms in total. The van der Waals surface area contributed by atoms with E-state index in [-0.39, 0.29) is 0 Å². The Bertz CT molecular complexity index is 764. The van der Waals surface area contributed by atoms with E-state index in [9.17, 15) is 4.79 Å². The zero-order valence-electron chi connectivity index (χ0n) is 16.3. The lowest BCUT2D eigenvalue weighted by Gasteiger charge is -2.19. The number of alkyl carbamates (subject to hydrolysis) is 1. The fourth-order valence-electron chi connectivity index (χ4n) is 2.29. The monoisotopic (exact) mass is 369 g/mol. The van der Waals surface area contributed by atoms with E-state index < -0.39 is 11.7 Å². The Kier molecular flexibility index (Phi) is 7.29. The minimum atomic E-state index is -0.503. The van der Waals surface area contributed by atoms with E-state index in [0.29, 0.717) is 24.7 Å². The molecule has 5 heteroatoms. The van der Waals surface area contributed by atoms with Crippen LogP contribution >= 0.6 is 0 Å². The molecule has 2 aromatic rings. The maximum Gasteiger partial charge on any atom is 0.407 e. The van der Waals surface area contributed by atoms with Gasteiger partial charge in [-0.25, -0.2) is 4.79 Å². The van der Waals surface area contributed by atoms with E-state index in [4.69, 9.17) is 14.2 Å². The molecule has 0 heterocycles. The number of amides is 1. The van der Waals surface area contributed by atoms with E-state index in [1.807, 2.05) is 81.5 Å². The molecule has 0 saturated carbocycles. The van der Waals surface area contributed by atoms with E-state index in [1.165, 1.54) is 0 Å². The highest BCUT2D eigenvalue weighted by Gasteiger charge is 2.15. The minimum absolute atomic E-state index is 0.378. The summed E-state index contributed by atoms with van der Waals surface area (Å²) in [6.07, 6.45) is 3.32. The van der Waals surface area contributed by atoms with Crippen molar-refractivity contribution >= 4 is 12.2 Å². The van der Waals surface area contributed by atoms with Gasteiger partial charge in [0.15, 0.2) is 11.5 Å². The highest BCUT2D eigenvalue weighted by molar-refractivity contribution is 5.68. The summed E-state index contributed by atoms with van der Waals surface area (Å²) in [5.41, 5.74) is 1.54. The lowest BCUT2D eigenvalue weighted by Crippen LogP contribution is -2.32. The molecule has 2 rings (SSSR count). The average Bonchev–Trinajstić information content (AvgIpc) is 2.63. The van der Waals surface area contributed by atoms with Crippen molar-refractivity contribution in [2.75, 3.05) is 13.7 Å². The van der Waals surface area contributed by atoms with Crippen LogP contribution < -0.4 is 14.8 Å². The van der Waals surface area contributed by atoms with Gasteiger partial charge in [-0.1, -0.05) is 48.6 Å². The summed E-state index contributed by atoms with van der Waals surface area (Å²) in [4.78, 5) is 11.6. The van der Waals surface area contributed by atoms with Gasteiger partial charge in [0.25, 0.3) is 0 Å². The summed E-state index contributed by atoms with van der Waals surface area (Å²) in [6.45, 7) is 6.35. The van der Waals surface area contributed by atoms with Gasteiger partial charge in [0.05, 0.1) is 7.11 Å². The van der Waals surface area contributed by atoms with Gasteiger partial charge in [-0.15, -0.1) is 0 Å². The highest BCUT2D eigenvalue weighted by Crippen LogP contribution is 2.29. The third-order valence-corrected chi connectivity index (χ3v) is 3.50. The molecule has 2 aromatic carbocycles. The Morgan fingerprint density at radius 2 is 1.81 bits per heavy atom.